The molecule has 2 rings (SSSR count). The van der Waals surface area contributed by atoms with Crippen LogP contribution in [0.3, 0.4) is 0 Å². The zero-order chi connectivity index (χ0) is 17.3. The van der Waals surface area contributed by atoms with Crippen LogP contribution in [0.4, 0.5) is 0 Å². The van der Waals surface area contributed by atoms with E-state index in [-0.39, 0.29) is 16.9 Å². The second kappa shape index (κ2) is 6.19. The highest BCUT2D eigenvalue weighted by molar-refractivity contribution is 5.95. The average Bonchev–Trinajstić information content (AvgIpc) is 2.78. The summed E-state index contributed by atoms with van der Waals surface area (Å²) in [6.07, 6.45) is 2.54. The van der Waals surface area contributed by atoms with E-state index >= 15 is 0 Å². The predicted octanol–water partition coefficient (Wildman–Crippen LogP) is 4.13. The highest BCUT2D eigenvalue weighted by atomic mass is 16.1. The maximum atomic E-state index is 12.6. The maximum absolute atomic E-state index is 12.6. The number of benzene rings is 1. The van der Waals surface area contributed by atoms with E-state index in [9.17, 15) is 4.79 Å². The van der Waals surface area contributed by atoms with Gasteiger partial charge in [-0.25, -0.2) is 4.68 Å². The Hall–Kier alpha value is -2.10. The normalized spacial score (nSPS) is 12.3. The topological polar surface area (TPSA) is 46.9 Å². The van der Waals surface area contributed by atoms with Crippen LogP contribution < -0.4 is 5.32 Å². The fraction of sp³-hybridized carbons (Fsp3) is 0.474. The van der Waals surface area contributed by atoms with Crippen LogP contribution in [0, 0.1) is 12.3 Å². The van der Waals surface area contributed by atoms with Gasteiger partial charge in [0.2, 0.25) is 0 Å². The van der Waals surface area contributed by atoms with E-state index in [1.54, 1.807) is 10.9 Å². The van der Waals surface area contributed by atoms with Crippen molar-refractivity contribution in [3.05, 3.63) is 47.8 Å². The zero-order valence-corrected chi connectivity index (χ0v) is 15.0. The Balaban J connectivity index is 2.20. The summed E-state index contributed by atoms with van der Waals surface area (Å²) in [5.74, 6) is -0.0704. The number of carbonyl (C=O) groups excluding carboxylic acids is 1. The molecule has 0 bridgehead atoms. The van der Waals surface area contributed by atoms with Crippen LogP contribution in [0.5, 0.6) is 0 Å². The first-order valence-corrected chi connectivity index (χ1v) is 8.02. The highest BCUT2D eigenvalue weighted by Gasteiger charge is 2.28. The van der Waals surface area contributed by atoms with Gasteiger partial charge < -0.3 is 5.32 Å². The Morgan fingerprint density at radius 1 is 1.13 bits per heavy atom. The van der Waals surface area contributed by atoms with E-state index in [4.69, 9.17) is 0 Å². The SMILES string of the molecule is Cc1c(C(=O)NC(C)(C)CC(C)(C)C)cnn1-c1ccccc1. The highest BCUT2D eigenvalue weighted by Crippen LogP contribution is 2.27. The van der Waals surface area contributed by atoms with Gasteiger partial charge in [-0.05, 0) is 44.7 Å². The molecule has 1 heterocycles. The van der Waals surface area contributed by atoms with Gasteiger partial charge in [-0.15, -0.1) is 0 Å². The van der Waals surface area contributed by atoms with Gasteiger partial charge in [-0.3, -0.25) is 4.79 Å². The van der Waals surface area contributed by atoms with Gasteiger partial charge in [-0.1, -0.05) is 39.0 Å². The molecule has 0 atom stereocenters. The zero-order valence-electron chi connectivity index (χ0n) is 15.0. The number of para-hydroxylation sites is 1. The first-order chi connectivity index (χ1) is 10.6. The van der Waals surface area contributed by atoms with Gasteiger partial charge in [0.1, 0.15) is 0 Å². The lowest BCUT2D eigenvalue weighted by Gasteiger charge is -2.33. The molecule has 4 heteroatoms. The number of amides is 1. The second-order valence-electron chi connectivity index (χ2n) is 7.97. The van der Waals surface area contributed by atoms with Crippen molar-refractivity contribution in [1.82, 2.24) is 15.1 Å². The van der Waals surface area contributed by atoms with Crippen LogP contribution in [0.2, 0.25) is 0 Å². The van der Waals surface area contributed by atoms with Crippen LogP contribution in [-0.4, -0.2) is 21.2 Å². The van der Waals surface area contributed by atoms with Gasteiger partial charge in [0.15, 0.2) is 0 Å². The van der Waals surface area contributed by atoms with Crippen molar-refractivity contribution in [3.8, 4) is 5.69 Å². The van der Waals surface area contributed by atoms with E-state index < -0.39 is 0 Å². The van der Waals surface area contributed by atoms with Crippen molar-refractivity contribution < 1.29 is 4.79 Å². The predicted molar refractivity (Wildman–Crippen MR) is 93.9 cm³/mol. The molecule has 0 fully saturated rings. The lowest BCUT2D eigenvalue weighted by molar-refractivity contribution is 0.0891. The molecule has 124 valence electrons. The molecule has 0 saturated carbocycles. The van der Waals surface area contributed by atoms with E-state index in [0.717, 1.165) is 17.8 Å². The largest absolute Gasteiger partial charge is 0.347 e. The van der Waals surface area contributed by atoms with Crippen molar-refractivity contribution >= 4 is 5.91 Å². The summed E-state index contributed by atoms with van der Waals surface area (Å²) in [6.45, 7) is 12.6. The minimum atomic E-state index is -0.267. The quantitative estimate of drug-likeness (QED) is 0.922. The molecule has 0 spiro atoms. The van der Waals surface area contributed by atoms with Crippen molar-refractivity contribution in [1.29, 1.82) is 0 Å². The summed E-state index contributed by atoms with van der Waals surface area (Å²) in [5, 5.41) is 7.51. The molecule has 0 radical (unpaired) electrons. The Morgan fingerprint density at radius 3 is 2.30 bits per heavy atom. The fourth-order valence-electron chi connectivity index (χ4n) is 3.21. The van der Waals surface area contributed by atoms with Gasteiger partial charge in [0, 0.05) is 5.54 Å². The summed E-state index contributed by atoms with van der Waals surface area (Å²) < 4.78 is 1.80. The smallest absolute Gasteiger partial charge is 0.255 e. The molecule has 2 aromatic rings. The summed E-state index contributed by atoms with van der Waals surface area (Å²) in [5.41, 5.74) is 2.31. The summed E-state index contributed by atoms with van der Waals surface area (Å²) >= 11 is 0. The molecule has 0 aliphatic heterocycles. The molecule has 1 N–H and O–H groups in total. The number of hydrogen-bond acceptors (Lipinski definition) is 2. The summed E-state index contributed by atoms with van der Waals surface area (Å²) in [7, 11) is 0. The Morgan fingerprint density at radius 2 is 1.74 bits per heavy atom. The van der Waals surface area contributed by atoms with E-state index in [1.807, 2.05) is 37.3 Å². The van der Waals surface area contributed by atoms with E-state index in [2.05, 4.69) is 45.0 Å². The lowest BCUT2D eigenvalue weighted by atomic mass is 9.81. The van der Waals surface area contributed by atoms with Crippen LogP contribution in [-0.2, 0) is 0 Å². The van der Waals surface area contributed by atoms with Crippen LogP contribution in [0.15, 0.2) is 36.5 Å². The fourth-order valence-corrected chi connectivity index (χ4v) is 3.21. The van der Waals surface area contributed by atoms with Crippen molar-refractivity contribution in [2.75, 3.05) is 0 Å². The maximum Gasteiger partial charge on any atom is 0.255 e. The van der Waals surface area contributed by atoms with Crippen molar-refractivity contribution in [2.24, 2.45) is 5.41 Å². The van der Waals surface area contributed by atoms with Gasteiger partial charge in [0.25, 0.3) is 5.91 Å². The molecular formula is C19H27N3O. The third-order valence-corrected chi connectivity index (χ3v) is 3.68. The molecule has 4 nitrogen and oxygen atoms in total. The van der Waals surface area contributed by atoms with Crippen molar-refractivity contribution in [2.45, 2.75) is 53.5 Å². The Bertz CT molecular complexity index is 678. The second-order valence-corrected chi connectivity index (χ2v) is 7.97. The summed E-state index contributed by atoms with van der Waals surface area (Å²) in [4.78, 5) is 12.6. The number of carbonyl (C=O) groups is 1. The third-order valence-electron chi connectivity index (χ3n) is 3.68. The molecular weight excluding hydrogens is 286 g/mol. The Kier molecular flexibility index (Phi) is 4.64. The number of aromatic nitrogens is 2. The van der Waals surface area contributed by atoms with Gasteiger partial charge in [-0.2, -0.15) is 5.10 Å². The van der Waals surface area contributed by atoms with Gasteiger partial charge >= 0.3 is 0 Å². The van der Waals surface area contributed by atoms with Crippen LogP contribution in [0.1, 0.15) is 57.1 Å². The first-order valence-electron chi connectivity index (χ1n) is 8.02. The number of hydrogen-bond donors (Lipinski definition) is 1. The standard InChI is InChI=1S/C19H27N3O/c1-14-16(12-20-22(14)15-10-8-7-9-11-15)17(23)21-19(5,6)13-18(2,3)4/h7-12H,13H2,1-6H3,(H,21,23). The minimum absolute atomic E-state index is 0.0704. The molecule has 0 aliphatic rings. The van der Waals surface area contributed by atoms with Crippen LogP contribution in [0.25, 0.3) is 5.69 Å². The monoisotopic (exact) mass is 313 g/mol. The number of nitrogens with one attached hydrogen (secondary N) is 1. The molecule has 0 aliphatic carbocycles. The molecule has 1 aromatic carbocycles. The third kappa shape index (κ3) is 4.44. The number of nitrogens with zero attached hydrogens (tertiary/aromatic N) is 2. The first kappa shape index (κ1) is 17.3. The van der Waals surface area contributed by atoms with Gasteiger partial charge in [0.05, 0.1) is 23.1 Å². The Labute approximate surface area is 138 Å². The van der Waals surface area contributed by atoms with Crippen LogP contribution >= 0.6 is 0 Å². The molecule has 0 unspecified atom stereocenters. The van der Waals surface area contributed by atoms with E-state index in [0.29, 0.717) is 5.56 Å². The van der Waals surface area contributed by atoms with Crippen molar-refractivity contribution in [3.63, 3.8) is 0 Å². The molecule has 23 heavy (non-hydrogen) atoms. The lowest BCUT2D eigenvalue weighted by Crippen LogP contribution is -2.45. The number of rotatable bonds is 4. The molecule has 1 aromatic heterocycles. The minimum Gasteiger partial charge on any atom is -0.347 e. The van der Waals surface area contributed by atoms with E-state index in [1.165, 1.54) is 0 Å². The summed E-state index contributed by atoms with van der Waals surface area (Å²) in [6, 6.07) is 9.84. The molecule has 1 amide bonds. The molecule has 0 saturated heterocycles. The average molecular weight is 313 g/mol.